The van der Waals surface area contributed by atoms with Crippen molar-refractivity contribution in [3.63, 3.8) is 0 Å². The number of hydrogen-bond acceptors (Lipinski definition) is 4. The number of carboxylic acid groups (broad SMARTS) is 1. The van der Waals surface area contributed by atoms with E-state index in [-0.39, 0.29) is 16.0 Å². The number of fused-ring (bicyclic) bond motifs is 1. The third-order valence-electron chi connectivity index (χ3n) is 5.60. The number of aromatic amines is 1. The fourth-order valence-corrected chi connectivity index (χ4v) is 4.72. The number of amides is 2. The Labute approximate surface area is 215 Å². The molecule has 0 aliphatic carbocycles. The highest BCUT2D eigenvalue weighted by atomic mass is 32.2. The fourth-order valence-electron chi connectivity index (χ4n) is 3.67. The minimum atomic E-state index is -3.81. The molecule has 0 bridgehead atoms. The Hall–Kier alpha value is -4.31. The predicted octanol–water partition coefficient (Wildman–Crippen LogP) is 4.92. The zero-order valence-electron chi connectivity index (χ0n) is 21.0. The summed E-state index contributed by atoms with van der Waals surface area (Å²) < 4.78 is 28.5. The van der Waals surface area contributed by atoms with E-state index in [9.17, 15) is 23.1 Å². The molecule has 4 aromatic rings. The quantitative estimate of drug-likeness (QED) is 0.252. The normalized spacial score (nSPS) is 11.4. The SMILES string of the molecule is CC(C)(C)c1ccc(S(=O)(=O)Nc2ccc3[nH]c(C(=O)O)c(-c4ccccc4)c3c2)cc1.CNC(N)=O. The average molecular weight is 523 g/mol. The van der Waals surface area contributed by atoms with Gasteiger partial charge >= 0.3 is 12.0 Å². The zero-order valence-corrected chi connectivity index (χ0v) is 21.8. The fraction of sp³-hybridized carbons (Fsp3) is 0.185. The molecule has 1 aromatic heterocycles. The number of urea groups is 1. The monoisotopic (exact) mass is 522 g/mol. The number of benzene rings is 3. The van der Waals surface area contributed by atoms with Crippen LogP contribution >= 0.6 is 0 Å². The van der Waals surface area contributed by atoms with Gasteiger partial charge in [0.05, 0.1) is 4.90 Å². The lowest BCUT2D eigenvalue weighted by atomic mass is 9.87. The number of sulfonamides is 1. The second-order valence-corrected chi connectivity index (χ2v) is 11.0. The first-order valence-electron chi connectivity index (χ1n) is 11.4. The highest BCUT2D eigenvalue weighted by Gasteiger charge is 2.21. The van der Waals surface area contributed by atoms with Crippen LogP contribution in [-0.4, -0.2) is 37.6 Å². The molecule has 194 valence electrons. The lowest BCUT2D eigenvalue weighted by Crippen LogP contribution is -2.24. The second kappa shape index (κ2) is 10.8. The molecule has 0 spiro atoms. The van der Waals surface area contributed by atoms with Gasteiger partial charge in [0.25, 0.3) is 10.0 Å². The van der Waals surface area contributed by atoms with Crippen LogP contribution < -0.4 is 15.8 Å². The largest absolute Gasteiger partial charge is 0.477 e. The van der Waals surface area contributed by atoms with E-state index in [1.807, 2.05) is 42.5 Å². The Bertz CT molecular complexity index is 1520. The number of carbonyl (C=O) groups excluding carboxylic acids is 1. The molecular formula is C27H30N4O5S. The van der Waals surface area contributed by atoms with Crippen molar-refractivity contribution < 1.29 is 23.1 Å². The molecule has 6 N–H and O–H groups in total. The standard InChI is InChI=1S/C25H24N2O4S.C2H6N2O/c1-25(2,3)17-9-12-19(13-10-17)32(30,31)27-18-11-14-21-20(15-18)22(23(26-21)24(28)29)16-7-5-4-6-8-16;1-4-2(3)5/h4-15,26-27H,1-3H3,(H,28,29);1H3,(H3,3,4,5). The number of carboxylic acids is 1. The number of H-pyrrole nitrogens is 1. The van der Waals surface area contributed by atoms with Gasteiger partial charge in [0.15, 0.2) is 0 Å². The summed E-state index contributed by atoms with van der Waals surface area (Å²) >= 11 is 0. The molecule has 3 aromatic carbocycles. The smallest absolute Gasteiger partial charge is 0.352 e. The van der Waals surface area contributed by atoms with Crippen LogP contribution in [0.1, 0.15) is 36.8 Å². The molecule has 0 saturated carbocycles. The summed E-state index contributed by atoms with van der Waals surface area (Å²) in [6.07, 6.45) is 0. The van der Waals surface area contributed by atoms with Crippen LogP contribution in [0.5, 0.6) is 0 Å². The van der Waals surface area contributed by atoms with Gasteiger partial charge in [0.1, 0.15) is 5.69 Å². The van der Waals surface area contributed by atoms with Gasteiger partial charge < -0.3 is 21.1 Å². The lowest BCUT2D eigenvalue weighted by molar-refractivity contribution is 0.0692. The van der Waals surface area contributed by atoms with E-state index < -0.39 is 22.0 Å². The lowest BCUT2D eigenvalue weighted by Gasteiger charge is -2.19. The molecule has 37 heavy (non-hydrogen) atoms. The Balaban J connectivity index is 0.000000695. The maximum absolute atomic E-state index is 13.0. The molecule has 0 fully saturated rings. The van der Waals surface area contributed by atoms with Crippen molar-refractivity contribution >= 4 is 38.6 Å². The molecule has 2 amide bonds. The molecule has 0 atom stereocenters. The first-order valence-corrected chi connectivity index (χ1v) is 12.9. The van der Waals surface area contributed by atoms with Crippen molar-refractivity contribution in [3.05, 3.63) is 84.1 Å². The molecule has 0 aliphatic rings. The van der Waals surface area contributed by atoms with E-state index >= 15 is 0 Å². The number of anilines is 1. The molecule has 1 heterocycles. The van der Waals surface area contributed by atoms with E-state index in [0.717, 1.165) is 11.1 Å². The van der Waals surface area contributed by atoms with Gasteiger partial charge in [-0.3, -0.25) is 4.72 Å². The van der Waals surface area contributed by atoms with E-state index in [4.69, 9.17) is 0 Å². The number of carbonyl (C=O) groups is 2. The van der Waals surface area contributed by atoms with Crippen LogP contribution in [0.25, 0.3) is 22.0 Å². The first-order chi connectivity index (χ1) is 17.3. The van der Waals surface area contributed by atoms with E-state index in [1.165, 1.54) is 7.05 Å². The van der Waals surface area contributed by atoms with Crippen LogP contribution in [0.15, 0.2) is 77.7 Å². The Morgan fingerprint density at radius 2 is 1.54 bits per heavy atom. The maximum Gasteiger partial charge on any atom is 0.352 e. The summed E-state index contributed by atoms with van der Waals surface area (Å²) in [5, 5.41) is 12.5. The molecule has 9 nitrogen and oxygen atoms in total. The molecule has 0 radical (unpaired) electrons. The summed E-state index contributed by atoms with van der Waals surface area (Å²) in [7, 11) is -2.33. The summed E-state index contributed by atoms with van der Waals surface area (Å²) in [6.45, 7) is 6.20. The van der Waals surface area contributed by atoms with Gasteiger partial charge in [-0.2, -0.15) is 0 Å². The van der Waals surface area contributed by atoms with Crippen LogP contribution in [0.4, 0.5) is 10.5 Å². The summed E-state index contributed by atoms with van der Waals surface area (Å²) in [5.41, 5.74) is 7.77. The van der Waals surface area contributed by atoms with Gasteiger partial charge in [-0.25, -0.2) is 18.0 Å². The molecule has 0 aliphatic heterocycles. The van der Waals surface area contributed by atoms with Gasteiger partial charge in [-0.05, 0) is 46.9 Å². The predicted molar refractivity (Wildman–Crippen MR) is 145 cm³/mol. The third kappa shape index (κ3) is 6.47. The van der Waals surface area contributed by atoms with Crippen molar-refractivity contribution in [1.82, 2.24) is 10.3 Å². The highest BCUT2D eigenvalue weighted by Crippen LogP contribution is 2.34. The zero-order chi connectivity index (χ0) is 27.4. The van der Waals surface area contributed by atoms with E-state index in [0.29, 0.717) is 22.2 Å². The number of primary amides is 1. The van der Waals surface area contributed by atoms with Gasteiger partial charge in [-0.15, -0.1) is 0 Å². The Kier molecular flexibility index (Phi) is 7.93. The summed E-state index contributed by atoms with van der Waals surface area (Å²) in [4.78, 5) is 24.4. The molecule has 0 unspecified atom stereocenters. The van der Waals surface area contributed by atoms with Gasteiger partial charge in [0, 0.05) is 29.2 Å². The average Bonchev–Trinajstić information content (AvgIpc) is 3.23. The number of nitrogens with one attached hydrogen (secondary N) is 3. The van der Waals surface area contributed by atoms with Crippen LogP contribution in [0.2, 0.25) is 0 Å². The molecule has 10 heteroatoms. The van der Waals surface area contributed by atoms with E-state index in [1.54, 1.807) is 30.3 Å². The van der Waals surface area contributed by atoms with Crippen molar-refractivity contribution in [1.29, 1.82) is 0 Å². The number of hydrogen-bond donors (Lipinski definition) is 5. The molecule has 4 rings (SSSR count). The number of nitrogens with two attached hydrogens (primary N) is 1. The topological polar surface area (TPSA) is 154 Å². The van der Waals surface area contributed by atoms with Gasteiger partial charge in [0.2, 0.25) is 0 Å². The summed E-state index contributed by atoms with van der Waals surface area (Å²) in [6, 6.07) is 20.4. The van der Waals surface area contributed by atoms with Crippen LogP contribution in [0, 0.1) is 0 Å². The van der Waals surface area contributed by atoms with Crippen LogP contribution in [0.3, 0.4) is 0 Å². The maximum atomic E-state index is 13.0. The van der Waals surface area contributed by atoms with Crippen molar-refractivity contribution in [3.8, 4) is 11.1 Å². The Morgan fingerprint density at radius 3 is 2.05 bits per heavy atom. The van der Waals surface area contributed by atoms with Crippen molar-refractivity contribution in [2.75, 3.05) is 11.8 Å². The minimum absolute atomic E-state index is 0.0592. The number of aromatic nitrogens is 1. The molecule has 0 saturated heterocycles. The van der Waals surface area contributed by atoms with Crippen LogP contribution in [-0.2, 0) is 15.4 Å². The van der Waals surface area contributed by atoms with Gasteiger partial charge in [-0.1, -0.05) is 63.2 Å². The third-order valence-corrected chi connectivity index (χ3v) is 7.00. The highest BCUT2D eigenvalue weighted by molar-refractivity contribution is 7.92. The molecular weight excluding hydrogens is 492 g/mol. The Morgan fingerprint density at radius 1 is 0.946 bits per heavy atom. The number of aromatic carboxylic acids is 1. The van der Waals surface area contributed by atoms with Crippen molar-refractivity contribution in [2.45, 2.75) is 31.1 Å². The van der Waals surface area contributed by atoms with Crippen molar-refractivity contribution in [2.24, 2.45) is 5.73 Å². The second-order valence-electron chi connectivity index (χ2n) is 9.30. The first kappa shape index (κ1) is 27.3. The van der Waals surface area contributed by atoms with E-state index in [2.05, 4.69) is 41.5 Å². The minimum Gasteiger partial charge on any atom is -0.477 e. The summed E-state index contributed by atoms with van der Waals surface area (Å²) in [5.74, 6) is -1.08. The number of rotatable bonds is 5.